The summed E-state index contributed by atoms with van der Waals surface area (Å²) in [5.74, 6) is -0.0723. The summed E-state index contributed by atoms with van der Waals surface area (Å²) in [6.07, 6.45) is -0.652. The molecule has 0 amide bonds. The van der Waals surface area contributed by atoms with E-state index >= 15 is 0 Å². The number of carbonyl (C=O) groups is 2. The Balaban J connectivity index is 1.15. The van der Waals surface area contributed by atoms with E-state index in [2.05, 4.69) is 0 Å². The van der Waals surface area contributed by atoms with Crippen LogP contribution in [0.1, 0.15) is 34.6 Å². The third-order valence-corrected chi connectivity index (χ3v) is 7.10. The average molecular weight is 583 g/mol. The first-order valence-corrected chi connectivity index (χ1v) is 13.9. The van der Waals surface area contributed by atoms with Gasteiger partial charge in [-0.15, -0.1) is 0 Å². The maximum absolute atomic E-state index is 11.7. The van der Waals surface area contributed by atoms with Crippen LogP contribution in [0.25, 0.3) is 22.3 Å². The molecule has 0 aromatic heterocycles. The Morgan fingerprint density at radius 3 is 1.16 bits per heavy atom. The molecule has 0 unspecified atom stereocenters. The molecule has 0 spiro atoms. The Morgan fingerprint density at radius 1 is 0.558 bits per heavy atom. The van der Waals surface area contributed by atoms with Gasteiger partial charge in [-0.1, -0.05) is 48.5 Å². The lowest BCUT2D eigenvalue weighted by Crippen LogP contribution is -2.33. The predicted octanol–water partition coefficient (Wildman–Crippen LogP) is 6.57. The lowest BCUT2D eigenvalue weighted by molar-refractivity contribution is -0.150. The van der Waals surface area contributed by atoms with Crippen molar-refractivity contribution in [3.8, 4) is 33.8 Å². The number of ether oxygens (including phenoxy) is 6. The molecule has 1 aliphatic rings. The molecule has 1 fully saturated rings. The minimum atomic E-state index is -0.761. The molecule has 222 valence electrons. The van der Waals surface area contributed by atoms with E-state index in [9.17, 15) is 9.59 Å². The lowest BCUT2D eigenvalue weighted by Gasteiger charge is -2.18. The van der Waals surface area contributed by atoms with E-state index in [1.54, 1.807) is 24.3 Å². The molecular formula is C35H34O8. The predicted molar refractivity (Wildman–Crippen MR) is 161 cm³/mol. The highest BCUT2D eigenvalue weighted by atomic mass is 16.8. The van der Waals surface area contributed by atoms with Crippen LogP contribution in [0.3, 0.4) is 0 Å². The third kappa shape index (κ3) is 7.41. The largest absolute Gasteiger partial charge is 0.491 e. The van der Waals surface area contributed by atoms with E-state index in [0.717, 1.165) is 22.3 Å². The van der Waals surface area contributed by atoms with Crippen LogP contribution in [0, 0.1) is 0 Å². The van der Waals surface area contributed by atoms with Crippen molar-refractivity contribution in [2.24, 2.45) is 0 Å². The fourth-order valence-corrected chi connectivity index (χ4v) is 4.87. The van der Waals surface area contributed by atoms with E-state index in [-0.39, 0.29) is 24.1 Å². The average Bonchev–Trinajstić information content (AvgIpc) is 3.35. The fourth-order valence-electron chi connectivity index (χ4n) is 4.87. The van der Waals surface area contributed by atoms with Gasteiger partial charge in [-0.2, -0.15) is 0 Å². The summed E-state index contributed by atoms with van der Waals surface area (Å²) in [7, 11) is 2.73. The van der Waals surface area contributed by atoms with Crippen LogP contribution in [-0.2, 0) is 18.9 Å². The van der Waals surface area contributed by atoms with E-state index in [1.807, 2.05) is 86.6 Å². The second-order valence-corrected chi connectivity index (χ2v) is 10.5. The van der Waals surface area contributed by atoms with Gasteiger partial charge in [0.2, 0.25) is 0 Å². The molecule has 2 atom stereocenters. The summed E-state index contributed by atoms with van der Waals surface area (Å²) in [4.78, 5) is 23.4. The van der Waals surface area contributed by atoms with Gasteiger partial charge in [-0.3, -0.25) is 0 Å². The van der Waals surface area contributed by atoms with Crippen LogP contribution in [0.5, 0.6) is 11.5 Å². The molecule has 0 saturated carbocycles. The van der Waals surface area contributed by atoms with Gasteiger partial charge in [0.1, 0.15) is 36.9 Å². The van der Waals surface area contributed by atoms with Crippen molar-refractivity contribution in [3.63, 3.8) is 0 Å². The second-order valence-electron chi connectivity index (χ2n) is 10.5. The van der Waals surface area contributed by atoms with Crippen LogP contribution in [0.2, 0.25) is 0 Å². The lowest BCUT2D eigenvalue weighted by atomic mass is 10.0. The van der Waals surface area contributed by atoms with Crippen molar-refractivity contribution in [1.29, 1.82) is 0 Å². The van der Waals surface area contributed by atoms with Crippen molar-refractivity contribution in [2.45, 2.75) is 31.8 Å². The Morgan fingerprint density at radius 2 is 0.860 bits per heavy atom. The van der Waals surface area contributed by atoms with Gasteiger partial charge in [0.25, 0.3) is 0 Å². The Hall–Kier alpha value is -4.66. The van der Waals surface area contributed by atoms with Gasteiger partial charge in [0.05, 0.1) is 25.3 Å². The molecule has 0 bridgehead atoms. The molecule has 1 saturated heterocycles. The smallest absolute Gasteiger partial charge is 0.337 e. The summed E-state index contributed by atoms with van der Waals surface area (Å²) in [5, 5.41) is 0. The number of esters is 2. The number of methoxy groups -OCH3 is 2. The number of rotatable bonds is 10. The monoisotopic (exact) mass is 582 g/mol. The highest BCUT2D eigenvalue weighted by Crippen LogP contribution is 2.31. The molecule has 43 heavy (non-hydrogen) atoms. The number of carbonyl (C=O) groups excluding carboxylic acids is 2. The zero-order valence-electron chi connectivity index (χ0n) is 24.6. The van der Waals surface area contributed by atoms with Crippen LogP contribution < -0.4 is 9.47 Å². The Labute approximate surface area is 251 Å². The summed E-state index contributed by atoms with van der Waals surface area (Å²) in [5.41, 5.74) is 4.98. The van der Waals surface area contributed by atoms with E-state index in [1.165, 1.54) is 14.2 Å². The zero-order chi connectivity index (χ0) is 30.4. The summed E-state index contributed by atoms with van der Waals surface area (Å²) >= 11 is 0. The highest BCUT2D eigenvalue weighted by molar-refractivity contribution is 5.90. The van der Waals surface area contributed by atoms with Crippen LogP contribution >= 0.6 is 0 Å². The molecule has 8 nitrogen and oxygen atoms in total. The van der Waals surface area contributed by atoms with E-state index < -0.39 is 5.79 Å². The minimum Gasteiger partial charge on any atom is -0.491 e. The van der Waals surface area contributed by atoms with Crippen molar-refractivity contribution >= 4 is 11.9 Å². The van der Waals surface area contributed by atoms with Crippen LogP contribution in [0.4, 0.5) is 0 Å². The van der Waals surface area contributed by atoms with Crippen LogP contribution in [0.15, 0.2) is 97.1 Å². The van der Waals surface area contributed by atoms with Crippen molar-refractivity contribution < 1.29 is 38.0 Å². The van der Waals surface area contributed by atoms with Crippen LogP contribution in [-0.4, -0.2) is 57.4 Å². The summed E-state index contributed by atoms with van der Waals surface area (Å²) < 4.78 is 33.9. The van der Waals surface area contributed by atoms with Gasteiger partial charge in [-0.25, -0.2) is 9.59 Å². The molecule has 0 aliphatic carbocycles. The molecule has 1 aliphatic heterocycles. The van der Waals surface area contributed by atoms with Gasteiger partial charge in [0.15, 0.2) is 5.79 Å². The number of benzene rings is 4. The van der Waals surface area contributed by atoms with Crippen molar-refractivity contribution in [3.05, 3.63) is 108 Å². The van der Waals surface area contributed by atoms with E-state index in [0.29, 0.717) is 35.8 Å². The van der Waals surface area contributed by atoms with Gasteiger partial charge in [-0.05, 0) is 84.6 Å². The van der Waals surface area contributed by atoms with Gasteiger partial charge < -0.3 is 28.4 Å². The molecule has 4 aromatic carbocycles. The number of hydrogen-bond donors (Lipinski definition) is 0. The molecule has 8 heteroatoms. The molecule has 1 heterocycles. The highest BCUT2D eigenvalue weighted by Gasteiger charge is 2.42. The quantitative estimate of drug-likeness (QED) is 0.194. The Bertz CT molecular complexity index is 1410. The maximum atomic E-state index is 11.7. The Kier molecular flexibility index (Phi) is 9.09. The molecule has 4 aromatic rings. The topological polar surface area (TPSA) is 89.5 Å². The minimum absolute atomic E-state index is 0.297. The molecule has 0 N–H and O–H groups in total. The first-order valence-electron chi connectivity index (χ1n) is 13.9. The second kappa shape index (κ2) is 13.1. The first kappa shape index (κ1) is 29.8. The maximum Gasteiger partial charge on any atom is 0.337 e. The molecule has 0 radical (unpaired) electrons. The summed E-state index contributed by atoms with van der Waals surface area (Å²) in [6, 6.07) is 30.0. The fraction of sp³-hybridized carbons (Fsp3) is 0.257. The molecular weight excluding hydrogens is 548 g/mol. The van der Waals surface area contributed by atoms with Crippen molar-refractivity contribution in [1.82, 2.24) is 0 Å². The SMILES string of the molecule is COC(=O)c1ccc(-c2ccc(OC[C@H]3OC(C)(C)O[C@@H]3COc3ccc(-c4ccc(C(=O)OC)cc4)cc3)cc2)cc1. The summed E-state index contributed by atoms with van der Waals surface area (Å²) in [6.45, 7) is 4.34. The molecule has 5 rings (SSSR count). The standard InChI is InChI=1S/C35H34O8/c1-35(2)42-31(21-40-29-17-13-25(14-18-29)23-5-9-27(10-6-23)33(36)38-3)32(43-35)22-41-30-19-15-26(16-20-30)24-7-11-28(12-8-24)34(37)39-4/h5-20,31-32H,21-22H2,1-4H3/t31-,32-/m1/s1. The number of hydrogen-bond acceptors (Lipinski definition) is 8. The van der Waals surface area contributed by atoms with E-state index in [4.69, 9.17) is 28.4 Å². The zero-order valence-corrected chi connectivity index (χ0v) is 24.6. The van der Waals surface area contributed by atoms with Gasteiger partial charge in [0, 0.05) is 0 Å². The normalized spacial score (nSPS) is 17.2. The van der Waals surface area contributed by atoms with Crippen molar-refractivity contribution in [2.75, 3.05) is 27.4 Å². The third-order valence-electron chi connectivity index (χ3n) is 7.10. The van der Waals surface area contributed by atoms with Gasteiger partial charge >= 0.3 is 11.9 Å². The first-order chi connectivity index (χ1) is 20.7.